The lowest BCUT2D eigenvalue weighted by Gasteiger charge is -2.36. The highest BCUT2D eigenvalue weighted by Crippen LogP contribution is 2.25. The number of benzene rings is 2. The van der Waals surface area contributed by atoms with Crippen molar-refractivity contribution in [3.8, 4) is 11.8 Å². The summed E-state index contributed by atoms with van der Waals surface area (Å²) in [5.41, 5.74) is 1.51. The molecule has 3 rings (SSSR count). The van der Waals surface area contributed by atoms with Gasteiger partial charge in [0, 0.05) is 36.9 Å². The van der Waals surface area contributed by atoms with Crippen LogP contribution in [-0.2, 0) is 4.79 Å². The summed E-state index contributed by atoms with van der Waals surface area (Å²) in [5, 5.41) is 9.86. The van der Waals surface area contributed by atoms with E-state index in [0.717, 1.165) is 18.8 Å². The van der Waals surface area contributed by atoms with Gasteiger partial charge < -0.3 is 14.5 Å². The Hall–Kier alpha value is -2.42. The summed E-state index contributed by atoms with van der Waals surface area (Å²) < 4.78 is 5.51. The fourth-order valence-corrected chi connectivity index (χ4v) is 3.22. The Labute approximate surface area is 162 Å². The molecule has 0 N–H and O–H groups in total. The minimum atomic E-state index is -0.0869. The van der Waals surface area contributed by atoms with E-state index in [1.165, 1.54) is 6.07 Å². The summed E-state index contributed by atoms with van der Waals surface area (Å²) in [6.07, 6.45) is 0. The number of anilines is 1. The van der Waals surface area contributed by atoms with Crippen LogP contribution in [-0.4, -0.2) is 43.6 Å². The molecule has 0 atom stereocenters. The van der Waals surface area contributed by atoms with Crippen LogP contribution in [0.4, 0.5) is 5.69 Å². The molecule has 0 saturated carbocycles. The van der Waals surface area contributed by atoms with Crippen molar-refractivity contribution in [2.24, 2.45) is 0 Å². The molecular formula is C19H17Cl2N3O2. The van der Waals surface area contributed by atoms with Crippen molar-refractivity contribution in [1.82, 2.24) is 4.90 Å². The van der Waals surface area contributed by atoms with Gasteiger partial charge >= 0.3 is 0 Å². The molecule has 7 heteroatoms. The monoisotopic (exact) mass is 389 g/mol. The van der Waals surface area contributed by atoms with Gasteiger partial charge in [-0.3, -0.25) is 4.79 Å². The number of hydrogen-bond donors (Lipinski definition) is 0. The first-order valence-electron chi connectivity index (χ1n) is 8.17. The third-order valence-corrected chi connectivity index (χ3v) is 4.75. The summed E-state index contributed by atoms with van der Waals surface area (Å²) in [6.45, 7) is 2.64. The Morgan fingerprint density at radius 1 is 1.12 bits per heavy atom. The van der Waals surface area contributed by atoms with Crippen molar-refractivity contribution >= 4 is 34.8 Å². The summed E-state index contributed by atoms with van der Waals surface area (Å²) in [7, 11) is 0. The molecule has 1 aliphatic heterocycles. The number of nitriles is 1. The van der Waals surface area contributed by atoms with Crippen LogP contribution in [0, 0.1) is 11.3 Å². The van der Waals surface area contributed by atoms with Crippen LogP contribution in [0.3, 0.4) is 0 Å². The molecule has 2 aromatic carbocycles. The predicted molar refractivity (Wildman–Crippen MR) is 102 cm³/mol. The Kier molecular flexibility index (Phi) is 5.87. The van der Waals surface area contributed by atoms with Crippen LogP contribution < -0.4 is 9.64 Å². The molecule has 0 radical (unpaired) electrons. The van der Waals surface area contributed by atoms with E-state index >= 15 is 0 Å². The van der Waals surface area contributed by atoms with E-state index in [9.17, 15) is 4.79 Å². The van der Waals surface area contributed by atoms with E-state index in [4.69, 9.17) is 33.2 Å². The van der Waals surface area contributed by atoms with Crippen molar-refractivity contribution in [2.75, 3.05) is 37.7 Å². The summed E-state index contributed by atoms with van der Waals surface area (Å²) in [5.74, 6) is 0.313. The van der Waals surface area contributed by atoms with Crippen molar-refractivity contribution < 1.29 is 9.53 Å². The summed E-state index contributed by atoms with van der Waals surface area (Å²) in [4.78, 5) is 16.3. The number of amides is 1. The van der Waals surface area contributed by atoms with Gasteiger partial charge in [-0.2, -0.15) is 5.26 Å². The lowest BCUT2D eigenvalue weighted by atomic mass is 10.2. The molecule has 0 spiro atoms. The van der Waals surface area contributed by atoms with Crippen LogP contribution in [0.1, 0.15) is 5.56 Å². The Morgan fingerprint density at radius 2 is 1.88 bits per heavy atom. The van der Waals surface area contributed by atoms with Gasteiger partial charge in [0.15, 0.2) is 6.61 Å². The number of piperazine rings is 1. The van der Waals surface area contributed by atoms with Crippen LogP contribution in [0.15, 0.2) is 42.5 Å². The first-order valence-corrected chi connectivity index (χ1v) is 8.93. The molecule has 2 aromatic rings. The van der Waals surface area contributed by atoms with E-state index in [1.807, 2.05) is 30.3 Å². The maximum Gasteiger partial charge on any atom is 0.260 e. The summed E-state index contributed by atoms with van der Waals surface area (Å²) >= 11 is 12.1. The average molecular weight is 390 g/mol. The molecule has 0 aromatic heterocycles. The van der Waals surface area contributed by atoms with Gasteiger partial charge in [0.1, 0.15) is 5.75 Å². The van der Waals surface area contributed by atoms with Gasteiger partial charge in [-0.15, -0.1) is 0 Å². The number of ether oxygens (including phenoxy) is 1. The highest BCUT2D eigenvalue weighted by molar-refractivity contribution is 6.32. The van der Waals surface area contributed by atoms with Gasteiger partial charge in [0.05, 0.1) is 16.7 Å². The first kappa shape index (κ1) is 18.4. The zero-order valence-electron chi connectivity index (χ0n) is 14.0. The van der Waals surface area contributed by atoms with Gasteiger partial charge in [0.25, 0.3) is 5.91 Å². The molecule has 26 heavy (non-hydrogen) atoms. The van der Waals surface area contributed by atoms with Gasteiger partial charge in [-0.1, -0.05) is 29.3 Å². The second-order valence-electron chi connectivity index (χ2n) is 5.89. The second-order valence-corrected chi connectivity index (χ2v) is 6.74. The minimum absolute atomic E-state index is 0.0806. The number of rotatable bonds is 4. The van der Waals surface area contributed by atoms with Crippen molar-refractivity contribution in [3.05, 3.63) is 58.1 Å². The van der Waals surface area contributed by atoms with Crippen LogP contribution in [0.2, 0.25) is 10.0 Å². The molecule has 1 saturated heterocycles. The first-order chi connectivity index (χ1) is 12.6. The molecule has 1 heterocycles. The van der Waals surface area contributed by atoms with Crippen molar-refractivity contribution in [2.45, 2.75) is 0 Å². The SMILES string of the molecule is N#Cc1ccc(OCC(=O)N2CCN(c3cccc(Cl)c3)CC2)c(Cl)c1. The zero-order chi connectivity index (χ0) is 18.5. The van der Waals surface area contributed by atoms with Gasteiger partial charge in [0.2, 0.25) is 0 Å². The Bertz CT molecular complexity index is 843. The van der Waals surface area contributed by atoms with Crippen LogP contribution in [0.25, 0.3) is 0 Å². The number of carbonyl (C=O) groups excluding carboxylic acids is 1. The largest absolute Gasteiger partial charge is 0.482 e. The fraction of sp³-hybridized carbons (Fsp3) is 0.263. The van der Waals surface area contributed by atoms with E-state index in [1.54, 1.807) is 17.0 Å². The number of carbonyl (C=O) groups is 1. The standard InChI is InChI=1S/C19H17Cl2N3O2/c20-15-2-1-3-16(11-15)23-6-8-24(9-7-23)19(25)13-26-18-5-4-14(12-22)10-17(18)21/h1-5,10-11H,6-9,13H2. The van der Waals surface area contributed by atoms with Gasteiger partial charge in [-0.25, -0.2) is 0 Å². The Balaban J connectivity index is 1.52. The maximum absolute atomic E-state index is 12.4. The van der Waals surface area contributed by atoms with Crippen molar-refractivity contribution in [1.29, 1.82) is 5.26 Å². The minimum Gasteiger partial charge on any atom is -0.482 e. The highest BCUT2D eigenvalue weighted by Gasteiger charge is 2.22. The predicted octanol–water partition coefficient (Wildman–Crippen LogP) is 3.59. The number of hydrogen-bond acceptors (Lipinski definition) is 4. The van der Waals surface area contributed by atoms with E-state index < -0.39 is 0 Å². The van der Waals surface area contributed by atoms with Crippen molar-refractivity contribution in [3.63, 3.8) is 0 Å². The molecule has 134 valence electrons. The van der Waals surface area contributed by atoms with E-state index in [0.29, 0.717) is 34.4 Å². The molecule has 5 nitrogen and oxygen atoms in total. The van der Waals surface area contributed by atoms with E-state index in [2.05, 4.69) is 4.90 Å². The molecule has 1 aliphatic rings. The number of halogens is 2. The fourth-order valence-electron chi connectivity index (χ4n) is 2.81. The topological polar surface area (TPSA) is 56.6 Å². The molecule has 0 unspecified atom stereocenters. The quantitative estimate of drug-likeness (QED) is 0.801. The molecular weight excluding hydrogens is 373 g/mol. The third-order valence-electron chi connectivity index (χ3n) is 4.22. The van der Waals surface area contributed by atoms with Crippen LogP contribution >= 0.6 is 23.2 Å². The highest BCUT2D eigenvalue weighted by atomic mass is 35.5. The van der Waals surface area contributed by atoms with Crippen LogP contribution in [0.5, 0.6) is 5.75 Å². The van der Waals surface area contributed by atoms with E-state index in [-0.39, 0.29) is 12.5 Å². The lowest BCUT2D eigenvalue weighted by Crippen LogP contribution is -2.50. The smallest absolute Gasteiger partial charge is 0.260 e. The summed E-state index contributed by atoms with van der Waals surface area (Å²) in [6, 6.07) is 14.4. The lowest BCUT2D eigenvalue weighted by molar-refractivity contribution is -0.133. The second kappa shape index (κ2) is 8.31. The average Bonchev–Trinajstić information content (AvgIpc) is 2.67. The molecule has 0 bridgehead atoms. The normalized spacial score (nSPS) is 14.0. The maximum atomic E-state index is 12.4. The third kappa shape index (κ3) is 4.40. The molecule has 1 fully saturated rings. The van der Waals surface area contributed by atoms with Gasteiger partial charge in [-0.05, 0) is 36.4 Å². The molecule has 0 aliphatic carbocycles. The Morgan fingerprint density at radius 3 is 2.54 bits per heavy atom. The zero-order valence-corrected chi connectivity index (χ0v) is 15.5. The number of nitrogens with zero attached hydrogens (tertiary/aromatic N) is 3. The molecule has 1 amide bonds.